The average Bonchev–Trinajstić information content (AvgIpc) is 2.88. The molecule has 1 aromatic carbocycles. The van der Waals surface area contributed by atoms with Gasteiger partial charge in [-0.2, -0.15) is 0 Å². The Labute approximate surface area is 121 Å². The number of nitrogens with zero attached hydrogens (tertiary/aromatic N) is 1. The number of benzene rings is 1. The molecule has 7 heteroatoms. The molecule has 1 fully saturated rings. The lowest BCUT2D eigenvalue weighted by Crippen LogP contribution is -2.45. The fourth-order valence-electron chi connectivity index (χ4n) is 2.64. The maximum absolute atomic E-state index is 10.8. The Morgan fingerprint density at radius 3 is 2.60 bits per heavy atom. The fraction of sp³-hybridized carbons (Fsp3) is 0.538. The Bertz CT molecular complexity index is 515. The van der Waals surface area contributed by atoms with E-state index >= 15 is 0 Å². The first-order chi connectivity index (χ1) is 9.47. The van der Waals surface area contributed by atoms with E-state index in [1.165, 1.54) is 6.07 Å². The second kappa shape index (κ2) is 5.95. The Balaban J connectivity index is 2.19. The Kier molecular flexibility index (Phi) is 4.47. The van der Waals surface area contributed by atoms with Crippen molar-refractivity contribution in [2.45, 2.75) is 37.8 Å². The highest BCUT2D eigenvalue weighted by Gasteiger charge is 2.33. The van der Waals surface area contributed by atoms with Gasteiger partial charge in [0.1, 0.15) is 0 Å². The highest BCUT2D eigenvalue weighted by Crippen LogP contribution is 2.35. The molecule has 0 bridgehead atoms. The van der Waals surface area contributed by atoms with Crippen LogP contribution < -0.4 is 5.32 Å². The summed E-state index contributed by atoms with van der Waals surface area (Å²) in [6, 6.07) is 2.62. The van der Waals surface area contributed by atoms with Crippen molar-refractivity contribution in [1.82, 2.24) is 5.32 Å². The number of nitro groups is 1. The van der Waals surface area contributed by atoms with Crippen LogP contribution in [0.2, 0.25) is 5.02 Å². The van der Waals surface area contributed by atoms with Crippen molar-refractivity contribution < 1.29 is 15.1 Å². The standard InChI is InChI=1S/C13H17ClN2O4/c14-10-5-9(12(18)11(6-10)16(19)20)7-15-13(8-17)3-1-2-4-13/h5-6,15,17-18H,1-4,7-8H2. The van der Waals surface area contributed by atoms with Gasteiger partial charge < -0.3 is 15.5 Å². The van der Waals surface area contributed by atoms with E-state index in [0.717, 1.165) is 31.7 Å². The van der Waals surface area contributed by atoms with E-state index in [-0.39, 0.29) is 29.5 Å². The molecule has 6 nitrogen and oxygen atoms in total. The summed E-state index contributed by atoms with van der Waals surface area (Å²) < 4.78 is 0. The maximum Gasteiger partial charge on any atom is 0.312 e. The Morgan fingerprint density at radius 1 is 1.40 bits per heavy atom. The number of hydrogen-bond acceptors (Lipinski definition) is 5. The first-order valence-electron chi connectivity index (χ1n) is 6.49. The zero-order chi connectivity index (χ0) is 14.8. The quantitative estimate of drug-likeness (QED) is 0.573. The molecule has 1 aliphatic rings. The molecule has 0 amide bonds. The van der Waals surface area contributed by atoms with Gasteiger partial charge in [-0.1, -0.05) is 24.4 Å². The van der Waals surface area contributed by atoms with Gasteiger partial charge in [0, 0.05) is 28.7 Å². The van der Waals surface area contributed by atoms with Gasteiger partial charge in [-0.3, -0.25) is 10.1 Å². The monoisotopic (exact) mass is 300 g/mol. The lowest BCUT2D eigenvalue weighted by atomic mass is 9.98. The Hall–Kier alpha value is -1.37. The van der Waals surface area contributed by atoms with E-state index in [2.05, 4.69) is 5.32 Å². The van der Waals surface area contributed by atoms with Gasteiger partial charge in [0.2, 0.25) is 0 Å². The summed E-state index contributed by atoms with van der Waals surface area (Å²) in [4.78, 5) is 10.2. The zero-order valence-electron chi connectivity index (χ0n) is 10.9. The number of phenolic OH excluding ortho intramolecular Hbond substituents is 1. The summed E-state index contributed by atoms with van der Waals surface area (Å²) in [5.74, 6) is -0.377. The predicted octanol–water partition coefficient (Wildman–Crippen LogP) is 2.35. The van der Waals surface area contributed by atoms with Crippen LogP contribution in [0.1, 0.15) is 31.2 Å². The highest BCUT2D eigenvalue weighted by atomic mass is 35.5. The minimum absolute atomic E-state index is 0.0103. The van der Waals surface area contributed by atoms with E-state index in [1.54, 1.807) is 0 Å². The number of phenols is 1. The number of nitro benzene ring substituents is 1. The minimum atomic E-state index is -0.665. The van der Waals surface area contributed by atoms with E-state index in [9.17, 15) is 20.3 Å². The molecule has 0 saturated heterocycles. The molecule has 0 radical (unpaired) electrons. The number of nitrogens with one attached hydrogen (secondary N) is 1. The SMILES string of the molecule is O=[N+]([O-])c1cc(Cl)cc(CNC2(CO)CCCC2)c1O. The largest absolute Gasteiger partial charge is 0.502 e. The molecule has 2 rings (SSSR count). The number of aliphatic hydroxyl groups excluding tert-OH is 1. The van der Waals surface area contributed by atoms with Crippen LogP contribution in [-0.4, -0.2) is 27.3 Å². The van der Waals surface area contributed by atoms with Crippen LogP contribution >= 0.6 is 11.6 Å². The van der Waals surface area contributed by atoms with Crippen molar-refractivity contribution >= 4 is 17.3 Å². The van der Waals surface area contributed by atoms with Crippen LogP contribution in [0.4, 0.5) is 5.69 Å². The molecule has 0 unspecified atom stereocenters. The van der Waals surface area contributed by atoms with Crippen LogP contribution in [0.25, 0.3) is 0 Å². The van der Waals surface area contributed by atoms with Gasteiger partial charge in [0.15, 0.2) is 5.75 Å². The third kappa shape index (κ3) is 3.03. The summed E-state index contributed by atoms with van der Waals surface area (Å²) in [5, 5.41) is 33.7. The molecule has 1 aliphatic carbocycles. The van der Waals surface area contributed by atoms with Gasteiger partial charge in [0.05, 0.1) is 11.5 Å². The van der Waals surface area contributed by atoms with Crippen molar-refractivity contribution in [2.24, 2.45) is 0 Å². The summed E-state index contributed by atoms with van der Waals surface area (Å²) in [5.41, 5.74) is -0.397. The topological polar surface area (TPSA) is 95.6 Å². The molecule has 0 aromatic heterocycles. The van der Waals surface area contributed by atoms with Crippen LogP contribution in [0, 0.1) is 10.1 Å². The van der Waals surface area contributed by atoms with Crippen molar-refractivity contribution in [3.8, 4) is 5.75 Å². The number of halogens is 1. The lowest BCUT2D eigenvalue weighted by Gasteiger charge is -2.28. The summed E-state index contributed by atoms with van der Waals surface area (Å²) >= 11 is 5.84. The molecule has 110 valence electrons. The molecule has 0 atom stereocenters. The first kappa shape index (κ1) is 15.0. The summed E-state index contributed by atoms with van der Waals surface area (Å²) in [6.07, 6.45) is 3.78. The third-order valence-corrected chi connectivity index (χ3v) is 4.07. The molecule has 20 heavy (non-hydrogen) atoms. The smallest absolute Gasteiger partial charge is 0.312 e. The summed E-state index contributed by atoms with van der Waals surface area (Å²) in [6.45, 7) is 0.240. The molecule has 1 saturated carbocycles. The molecule has 0 aliphatic heterocycles. The molecule has 1 aromatic rings. The lowest BCUT2D eigenvalue weighted by molar-refractivity contribution is -0.385. The normalized spacial score (nSPS) is 17.3. The van der Waals surface area contributed by atoms with Gasteiger partial charge >= 0.3 is 5.69 Å². The third-order valence-electron chi connectivity index (χ3n) is 3.85. The van der Waals surface area contributed by atoms with Crippen molar-refractivity contribution in [2.75, 3.05) is 6.61 Å². The number of hydrogen-bond donors (Lipinski definition) is 3. The van der Waals surface area contributed by atoms with E-state index in [0.29, 0.717) is 5.56 Å². The van der Waals surface area contributed by atoms with Crippen LogP contribution in [0.3, 0.4) is 0 Å². The van der Waals surface area contributed by atoms with Gasteiger partial charge in [-0.25, -0.2) is 0 Å². The van der Waals surface area contributed by atoms with Crippen LogP contribution in [0.5, 0.6) is 5.75 Å². The van der Waals surface area contributed by atoms with E-state index in [4.69, 9.17) is 11.6 Å². The second-order valence-electron chi connectivity index (χ2n) is 5.19. The fourth-order valence-corrected chi connectivity index (χ4v) is 2.87. The maximum atomic E-state index is 10.8. The number of aliphatic hydroxyl groups is 1. The average molecular weight is 301 g/mol. The molecule has 0 spiro atoms. The van der Waals surface area contributed by atoms with Crippen LogP contribution in [0.15, 0.2) is 12.1 Å². The summed E-state index contributed by atoms with van der Waals surface area (Å²) in [7, 11) is 0. The molecular weight excluding hydrogens is 284 g/mol. The zero-order valence-corrected chi connectivity index (χ0v) is 11.7. The first-order valence-corrected chi connectivity index (χ1v) is 6.87. The molecule has 0 heterocycles. The van der Waals surface area contributed by atoms with Crippen LogP contribution in [-0.2, 0) is 6.54 Å². The number of aromatic hydroxyl groups is 1. The van der Waals surface area contributed by atoms with Gasteiger partial charge in [-0.05, 0) is 18.9 Å². The second-order valence-corrected chi connectivity index (χ2v) is 5.63. The Morgan fingerprint density at radius 2 is 2.05 bits per heavy atom. The van der Waals surface area contributed by atoms with Crippen molar-refractivity contribution in [3.05, 3.63) is 32.8 Å². The predicted molar refractivity (Wildman–Crippen MR) is 74.9 cm³/mol. The van der Waals surface area contributed by atoms with E-state index in [1.807, 2.05) is 0 Å². The van der Waals surface area contributed by atoms with Gasteiger partial charge in [-0.15, -0.1) is 0 Å². The molecular formula is C13H17ClN2O4. The van der Waals surface area contributed by atoms with E-state index < -0.39 is 10.6 Å². The number of rotatable bonds is 5. The molecule has 3 N–H and O–H groups in total. The van der Waals surface area contributed by atoms with Gasteiger partial charge in [0.25, 0.3) is 0 Å². The van der Waals surface area contributed by atoms with Crippen molar-refractivity contribution in [1.29, 1.82) is 0 Å². The minimum Gasteiger partial charge on any atom is -0.502 e. The highest BCUT2D eigenvalue weighted by molar-refractivity contribution is 6.31. The van der Waals surface area contributed by atoms with Crippen molar-refractivity contribution in [3.63, 3.8) is 0 Å².